The Morgan fingerprint density at radius 1 is 1.33 bits per heavy atom. The third-order valence-corrected chi connectivity index (χ3v) is 4.24. The van der Waals surface area contributed by atoms with Gasteiger partial charge in [-0.1, -0.05) is 12.1 Å². The number of fused-ring (bicyclic) bond motifs is 1. The molecule has 0 unspecified atom stereocenters. The second-order valence-corrected chi connectivity index (χ2v) is 5.54. The average Bonchev–Trinajstić information content (AvgIpc) is 2.87. The van der Waals surface area contributed by atoms with Gasteiger partial charge >= 0.3 is 5.97 Å². The zero-order valence-electron chi connectivity index (χ0n) is 11.1. The fraction of sp³-hybridized carbons (Fsp3) is 0.200. The van der Waals surface area contributed by atoms with E-state index >= 15 is 0 Å². The molecule has 3 rings (SSSR count). The fourth-order valence-electron chi connectivity index (χ4n) is 2.31. The van der Waals surface area contributed by atoms with Crippen molar-refractivity contribution in [3.63, 3.8) is 0 Å². The van der Waals surface area contributed by atoms with Gasteiger partial charge in [-0.2, -0.15) is 0 Å². The maximum atomic E-state index is 12.3. The molecule has 6 heteroatoms. The van der Waals surface area contributed by atoms with Crippen LogP contribution in [0, 0.1) is 0 Å². The molecule has 1 aromatic heterocycles. The largest absolute Gasteiger partial charge is 0.491 e. The molecule has 1 amide bonds. The van der Waals surface area contributed by atoms with Crippen molar-refractivity contribution in [3.05, 3.63) is 46.2 Å². The summed E-state index contributed by atoms with van der Waals surface area (Å²) in [7, 11) is 0. The summed E-state index contributed by atoms with van der Waals surface area (Å²) < 4.78 is 5.57. The molecule has 1 aliphatic rings. The van der Waals surface area contributed by atoms with E-state index in [1.807, 2.05) is 24.3 Å². The average molecular weight is 303 g/mol. The van der Waals surface area contributed by atoms with Crippen LogP contribution in [0.4, 0.5) is 5.69 Å². The van der Waals surface area contributed by atoms with Crippen LogP contribution in [0.3, 0.4) is 0 Å². The van der Waals surface area contributed by atoms with Gasteiger partial charge in [0.25, 0.3) is 0 Å². The number of benzene rings is 1. The molecule has 0 aliphatic carbocycles. The van der Waals surface area contributed by atoms with Crippen LogP contribution in [0.25, 0.3) is 0 Å². The van der Waals surface area contributed by atoms with E-state index in [1.54, 1.807) is 16.3 Å². The van der Waals surface area contributed by atoms with Crippen LogP contribution in [0.5, 0.6) is 5.75 Å². The zero-order valence-corrected chi connectivity index (χ0v) is 11.9. The van der Waals surface area contributed by atoms with E-state index in [4.69, 9.17) is 4.74 Å². The lowest BCUT2D eigenvalue weighted by atomic mass is 10.2. The van der Waals surface area contributed by atoms with Gasteiger partial charge in [0.1, 0.15) is 10.6 Å². The van der Waals surface area contributed by atoms with E-state index in [0.29, 0.717) is 23.6 Å². The minimum absolute atomic E-state index is 0.0671. The molecule has 0 saturated carbocycles. The van der Waals surface area contributed by atoms with Gasteiger partial charge in [-0.05, 0) is 29.1 Å². The number of thiophene rings is 1. The maximum Gasteiger partial charge on any atom is 0.346 e. The highest BCUT2D eigenvalue weighted by atomic mass is 32.1. The predicted octanol–water partition coefficient (Wildman–Crippen LogP) is 2.76. The van der Waals surface area contributed by atoms with Gasteiger partial charge in [0.05, 0.1) is 25.3 Å². The van der Waals surface area contributed by atoms with Gasteiger partial charge in [0, 0.05) is 0 Å². The Morgan fingerprint density at radius 3 is 2.95 bits per heavy atom. The van der Waals surface area contributed by atoms with Gasteiger partial charge in [-0.15, -0.1) is 11.3 Å². The third-order valence-electron chi connectivity index (χ3n) is 3.30. The molecule has 21 heavy (non-hydrogen) atoms. The van der Waals surface area contributed by atoms with Crippen molar-refractivity contribution in [2.75, 3.05) is 11.5 Å². The van der Waals surface area contributed by atoms with E-state index in [-0.39, 0.29) is 23.7 Å². The van der Waals surface area contributed by atoms with Crippen LogP contribution in [-0.4, -0.2) is 23.6 Å². The Bertz CT molecular complexity index is 694. The molecule has 0 bridgehead atoms. The molecule has 108 valence electrons. The molecule has 1 aromatic carbocycles. The zero-order chi connectivity index (χ0) is 14.8. The minimum atomic E-state index is -0.966. The number of aromatic carboxylic acids is 1. The second kappa shape index (κ2) is 5.57. The van der Waals surface area contributed by atoms with Crippen LogP contribution in [-0.2, 0) is 11.3 Å². The molecule has 1 N–H and O–H groups in total. The normalized spacial score (nSPS) is 14.3. The molecule has 0 radical (unpaired) electrons. The Labute approximate surface area is 125 Å². The lowest BCUT2D eigenvalue weighted by Gasteiger charge is -2.21. The molecule has 2 aromatic rings. The standard InChI is InChI=1S/C15H13NO4S/c17-13-5-7-20-12-4-2-1-3-11(12)16(13)9-10-6-8-21-14(10)15(18)19/h1-4,6,8H,5,7,9H2,(H,18,19). The highest BCUT2D eigenvalue weighted by Crippen LogP contribution is 2.33. The number of nitrogens with zero attached hydrogens (tertiary/aromatic N) is 1. The Morgan fingerprint density at radius 2 is 2.14 bits per heavy atom. The van der Waals surface area contributed by atoms with Crippen molar-refractivity contribution < 1.29 is 19.4 Å². The van der Waals surface area contributed by atoms with Crippen molar-refractivity contribution in [2.24, 2.45) is 0 Å². The molecule has 1 aliphatic heterocycles. The summed E-state index contributed by atoms with van der Waals surface area (Å²) in [5.74, 6) is -0.384. The van der Waals surface area contributed by atoms with Crippen molar-refractivity contribution >= 4 is 28.9 Å². The Balaban J connectivity index is 1.98. The van der Waals surface area contributed by atoms with Crippen LogP contribution < -0.4 is 9.64 Å². The number of carboxylic acid groups (broad SMARTS) is 1. The first-order chi connectivity index (χ1) is 10.2. The van der Waals surface area contributed by atoms with Crippen molar-refractivity contribution in [1.82, 2.24) is 0 Å². The van der Waals surface area contributed by atoms with Gasteiger partial charge in [0.2, 0.25) is 5.91 Å². The number of amides is 1. The number of hydrogen-bond acceptors (Lipinski definition) is 4. The SMILES string of the molecule is O=C(O)c1sccc1CN1C(=O)CCOc2ccccc21. The van der Waals surface area contributed by atoms with E-state index in [2.05, 4.69) is 0 Å². The van der Waals surface area contributed by atoms with Crippen LogP contribution in [0.2, 0.25) is 0 Å². The summed E-state index contributed by atoms with van der Waals surface area (Å²) in [6.07, 6.45) is 0.279. The van der Waals surface area contributed by atoms with Crippen molar-refractivity contribution in [3.8, 4) is 5.75 Å². The monoisotopic (exact) mass is 303 g/mol. The van der Waals surface area contributed by atoms with Crippen molar-refractivity contribution in [2.45, 2.75) is 13.0 Å². The Hall–Kier alpha value is -2.34. The van der Waals surface area contributed by atoms with E-state index < -0.39 is 5.97 Å². The number of anilines is 1. The third kappa shape index (κ3) is 2.62. The summed E-state index contributed by atoms with van der Waals surface area (Å²) in [4.78, 5) is 25.4. The van der Waals surface area contributed by atoms with Gasteiger partial charge in [0.15, 0.2) is 0 Å². The predicted molar refractivity (Wildman–Crippen MR) is 79.0 cm³/mol. The molecular formula is C15H13NO4S. The molecule has 0 fully saturated rings. The first-order valence-electron chi connectivity index (χ1n) is 6.48. The first kappa shape index (κ1) is 13.6. The number of carbonyl (C=O) groups is 2. The first-order valence-corrected chi connectivity index (χ1v) is 7.36. The number of ether oxygens (including phenoxy) is 1. The molecule has 2 heterocycles. The molecule has 0 atom stereocenters. The quantitative estimate of drug-likeness (QED) is 0.946. The van der Waals surface area contributed by atoms with E-state index in [0.717, 1.165) is 0 Å². The van der Waals surface area contributed by atoms with Crippen molar-refractivity contribution in [1.29, 1.82) is 0 Å². The number of carboxylic acids is 1. The minimum Gasteiger partial charge on any atom is -0.491 e. The Kier molecular flexibility index (Phi) is 3.62. The summed E-state index contributed by atoms with van der Waals surface area (Å²) in [6.45, 7) is 0.576. The highest BCUT2D eigenvalue weighted by molar-refractivity contribution is 7.12. The smallest absolute Gasteiger partial charge is 0.346 e. The maximum absolute atomic E-state index is 12.3. The summed E-state index contributed by atoms with van der Waals surface area (Å²) in [5.41, 5.74) is 1.32. The molecule has 0 spiro atoms. The van der Waals surface area contributed by atoms with Crippen LogP contribution in [0.15, 0.2) is 35.7 Å². The molecule has 5 nitrogen and oxygen atoms in total. The number of para-hydroxylation sites is 2. The number of rotatable bonds is 3. The van der Waals surface area contributed by atoms with E-state index in [9.17, 15) is 14.7 Å². The lowest BCUT2D eigenvalue weighted by Crippen LogP contribution is -2.30. The van der Waals surface area contributed by atoms with Gasteiger partial charge in [-0.3, -0.25) is 4.79 Å². The number of carbonyl (C=O) groups excluding carboxylic acids is 1. The number of hydrogen-bond donors (Lipinski definition) is 1. The van der Waals surface area contributed by atoms with Crippen LogP contribution in [0.1, 0.15) is 21.7 Å². The fourth-order valence-corrected chi connectivity index (χ4v) is 3.06. The summed E-state index contributed by atoms with van der Waals surface area (Å²) in [6, 6.07) is 9.05. The second-order valence-electron chi connectivity index (χ2n) is 4.63. The summed E-state index contributed by atoms with van der Waals surface area (Å²) >= 11 is 1.17. The van der Waals surface area contributed by atoms with Gasteiger partial charge < -0.3 is 14.7 Å². The topological polar surface area (TPSA) is 66.8 Å². The molecule has 0 saturated heterocycles. The van der Waals surface area contributed by atoms with E-state index in [1.165, 1.54) is 11.3 Å². The van der Waals surface area contributed by atoms with Gasteiger partial charge in [-0.25, -0.2) is 4.79 Å². The highest BCUT2D eigenvalue weighted by Gasteiger charge is 2.25. The van der Waals surface area contributed by atoms with Crippen LogP contribution >= 0.6 is 11.3 Å². The summed E-state index contributed by atoms with van der Waals surface area (Å²) in [5, 5.41) is 10.9. The molecular weight excluding hydrogens is 290 g/mol. The lowest BCUT2D eigenvalue weighted by molar-refractivity contribution is -0.118.